The molecule has 1 aliphatic carbocycles. The molecule has 0 bridgehead atoms. The van der Waals surface area contributed by atoms with Gasteiger partial charge in [0.25, 0.3) is 0 Å². The number of aliphatic hydroxyl groups excluding tert-OH is 1. The summed E-state index contributed by atoms with van der Waals surface area (Å²) in [5.74, 6) is 0.305. The summed E-state index contributed by atoms with van der Waals surface area (Å²) in [6, 6.07) is 7.49. The number of piperidine rings is 1. The lowest BCUT2D eigenvalue weighted by molar-refractivity contribution is -0.00874. The van der Waals surface area contributed by atoms with Crippen LogP contribution in [0.3, 0.4) is 0 Å². The summed E-state index contributed by atoms with van der Waals surface area (Å²) in [4.78, 5) is 26.6. The van der Waals surface area contributed by atoms with Crippen LogP contribution in [-0.4, -0.2) is 81.2 Å². The minimum Gasteiger partial charge on any atom is -0.453 e. The third-order valence-corrected chi connectivity index (χ3v) is 7.67. The van der Waals surface area contributed by atoms with Crippen LogP contribution < -0.4 is 16.0 Å². The number of carbonyl (C=O) groups is 2. The van der Waals surface area contributed by atoms with Gasteiger partial charge in [-0.05, 0) is 62.8 Å². The van der Waals surface area contributed by atoms with Crippen molar-refractivity contribution in [3.63, 3.8) is 0 Å². The largest absolute Gasteiger partial charge is 0.453 e. The van der Waals surface area contributed by atoms with Gasteiger partial charge in [-0.25, -0.2) is 9.59 Å². The van der Waals surface area contributed by atoms with E-state index < -0.39 is 6.09 Å². The number of likely N-dealkylation sites (N-methyl/N-ethyl adjacent to an activating group) is 1. The highest BCUT2D eigenvalue weighted by atomic mass is 35.5. The van der Waals surface area contributed by atoms with E-state index in [1.54, 1.807) is 0 Å². The molecule has 9 nitrogen and oxygen atoms in total. The predicted molar refractivity (Wildman–Crippen MR) is 144 cm³/mol. The molecule has 1 saturated carbocycles. The van der Waals surface area contributed by atoms with Gasteiger partial charge in [-0.1, -0.05) is 36.6 Å². The van der Waals surface area contributed by atoms with Crippen molar-refractivity contribution in [1.82, 2.24) is 20.9 Å². The van der Waals surface area contributed by atoms with Crippen LogP contribution in [0.25, 0.3) is 0 Å². The van der Waals surface area contributed by atoms with E-state index in [1.807, 2.05) is 36.2 Å². The Morgan fingerprint density at radius 1 is 1.22 bits per heavy atom. The number of halogens is 1. The van der Waals surface area contributed by atoms with Crippen molar-refractivity contribution in [2.45, 2.75) is 63.2 Å². The van der Waals surface area contributed by atoms with Gasteiger partial charge in [0, 0.05) is 43.2 Å². The van der Waals surface area contributed by atoms with Crippen molar-refractivity contribution in [1.29, 1.82) is 0 Å². The molecule has 3 rings (SSSR count). The normalized spacial score (nSPS) is 23.7. The summed E-state index contributed by atoms with van der Waals surface area (Å²) in [6.07, 6.45) is 5.57. The van der Waals surface area contributed by atoms with Crippen LogP contribution >= 0.6 is 11.6 Å². The number of hydrogen-bond donors (Lipinski definition) is 4. The molecule has 2 aliphatic rings. The van der Waals surface area contributed by atoms with Crippen molar-refractivity contribution in [2.24, 2.45) is 11.8 Å². The molecule has 0 radical (unpaired) electrons. The molecule has 0 aromatic heterocycles. The Morgan fingerprint density at radius 2 is 2.03 bits per heavy atom. The zero-order chi connectivity index (χ0) is 26.6. The lowest BCUT2D eigenvalue weighted by Gasteiger charge is -2.38. The molecular formula is C27H43ClN4O5. The molecule has 1 aromatic rings. The first-order chi connectivity index (χ1) is 17.9. The highest BCUT2D eigenvalue weighted by Gasteiger charge is 2.33. The molecular weight excluding hydrogens is 496 g/mol. The fourth-order valence-corrected chi connectivity index (χ4v) is 5.77. The summed E-state index contributed by atoms with van der Waals surface area (Å²) >= 11 is 6.28. The number of rotatable bonds is 11. The molecule has 1 aliphatic heterocycles. The summed E-state index contributed by atoms with van der Waals surface area (Å²) in [5, 5.41) is 20.1. The number of alkyl carbamates (subject to hydrolysis) is 1. The Bertz CT molecular complexity index is 860. The number of carbonyl (C=O) groups excluding carboxylic acids is 2. The lowest BCUT2D eigenvalue weighted by atomic mass is 9.82. The van der Waals surface area contributed by atoms with E-state index in [2.05, 4.69) is 20.7 Å². The molecule has 4 N–H and O–H groups in total. The first-order valence-corrected chi connectivity index (χ1v) is 13.9. The Hall–Kier alpha value is -2.07. The van der Waals surface area contributed by atoms with E-state index in [-0.39, 0.29) is 36.1 Å². The van der Waals surface area contributed by atoms with E-state index in [1.165, 1.54) is 7.11 Å². The summed E-state index contributed by atoms with van der Waals surface area (Å²) in [5.41, 5.74) is 0.956. The number of ether oxygens (including phenoxy) is 2. The minimum atomic E-state index is -0.500. The topological polar surface area (TPSA) is 112 Å². The Balaban J connectivity index is 1.63. The standard InChI is InChI=1S/C27H43ClN4O5/c1-29-17-23(16-19-7-3-4-11-24(19)33)31-26(34)32-13-6-9-21(18-32)25(20-8-5-10-22(28)15-20)37-14-12-30-27(35)36-2/h5,8,10,15,19,21,23-25,29,33H,3-4,6-7,9,11-14,16-18H2,1-2H3,(H,30,35)(H,31,34)/t19-,21-,23-,24+,25?/m1/s1. The second kappa shape index (κ2) is 15.4. The first kappa shape index (κ1) is 29.5. The zero-order valence-corrected chi connectivity index (χ0v) is 22.8. The van der Waals surface area contributed by atoms with Gasteiger partial charge in [-0.15, -0.1) is 0 Å². The Morgan fingerprint density at radius 3 is 2.76 bits per heavy atom. The predicted octanol–water partition coefficient (Wildman–Crippen LogP) is 3.70. The molecule has 0 spiro atoms. The van der Waals surface area contributed by atoms with Gasteiger partial charge < -0.3 is 35.4 Å². The number of nitrogens with zero attached hydrogens (tertiary/aromatic N) is 1. The highest BCUT2D eigenvalue weighted by molar-refractivity contribution is 6.30. The molecule has 1 unspecified atom stereocenters. The van der Waals surface area contributed by atoms with Crippen molar-refractivity contribution in [3.8, 4) is 0 Å². The maximum atomic E-state index is 13.3. The minimum absolute atomic E-state index is 0.0417. The number of aliphatic hydroxyl groups is 1. The summed E-state index contributed by atoms with van der Waals surface area (Å²) in [7, 11) is 3.21. The number of benzene rings is 1. The zero-order valence-electron chi connectivity index (χ0n) is 22.1. The van der Waals surface area contributed by atoms with Crippen LogP contribution in [0.1, 0.15) is 56.6 Å². The highest BCUT2D eigenvalue weighted by Crippen LogP contribution is 2.34. The van der Waals surface area contributed by atoms with E-state index in [9.17, 15) is 14.7 Å². The second-order valence-electron chi connectivity index (χ2n) is 10.2. The monoisotopic (exact) mass is 538 g/mol. The third-order valence-electron chi connectivity index (χ3n) is 7.44. The molecule has 5 atom stereocenters. The van der Waals surface area contributed by atoms with Gasteiger partial charge in [0.05, 0.1) is 25.9 Å². The van der Waals surface area contributed by atoms with Gasteiger partial charge in [0.2, 0.25) is 0 Å². The molecule has 1 heterocycles. The van der Waals surface area contributed by atoms with Crippen molar-refractivity contribution >= 4 is 23.7 Å². The number of amides is 3. The lowest BCUT2D eigenvalue weighted by Crippen LogP contribution is -2.52. The maximum Gasteiger partial charge on any atom is 0.406 e. The average molecular weight is 539 g/mol. The van der Waals surface area contributed by atoms with Gasteiger partial charge in [-0.2, -0.15) is 0 Å². The van der Waals surface area contributed by atoms with Crippen molar-refractivity contribution in [2.75, 3.05) is 46.9 Å². The smallest absolute Gasteiger partial charge is 0.406 e. The Labute approximate surface area is 225 Å². The van der Waals surface area contributed by atoms with E-state index in [0.29, 0.717) is 37.8 Å². The number of hydrogen-bond acceptors (Lipinski definition) is 6. The van der Waals surface area contributed by atoms with Crippen LogP contribution in [0.5, 0.6) is 0 Å². The van der Waals surface area contributed by atoms with E-state index >= 15 is 0 Å². The fourth-order valence-electron chi connectivity index (χ4n) is 5.57. The van der Waals surface area contributed by atoms with Crippen molar-refractivity contribution < 1.29 is 24.2 Å². The van der Waals surface area contributed by atoms with Crippen LogP contribution in [-0.2, 0) is 9.47 Å². The van der Waals surface area contributed by atoms with E-state index in [0.717, 1.165) is 50.5 Å². The molecule has 2 fully saturated rings. The van der Waals surface area contributed by atoms with Crippen LogP contribution in [0.2, 0.25) is 5.02 Å². The van der Waals surface area contributed by atoms with Gasteiger partial charge in [-0.3, -0.25) is 0 Å². The van der Waals surface area contributed by atoms with E-state index in [4.69, 9.17) is 16.3 Å². The second-order valence-corrected chi connectivity index (χ2v) is 10.6. The number of likely N-dealkylation sites (tertiary alicyclic amines) is 1. The van der Waals surface area contributed by atoms with Gasteiger partial charge in [0.15, 0.2) is 0 Å². The SMILES string of the molecule is CNC[C@@H](C[C@H]1CCCC[C@@H]1O)NC(=O)N1CCC[C@@H](C(OCCNC(=O)OC)c2cccc(Cl)c2)C1. The fraction of sp³-hybridized carbons (Fsp3) is 0.704. The van der Waals surface area contributed by atoms with Crippen molar-refractivity contribution in [3.05, 3.63) is 34.9 Å². The molecule has 37 heavy (non-hydrogen) atoms. The molecule has 208 valence electrons. The van der Waals surface area contributed by atoms with Gasteiger partial charge >= 0.3 is 12.1 Å². The average Bonchev–Trinajstić information content (AvgIpc) is 2.90. The summed E-state index contributed by atoms with van der Waals surface area (Å²) < 4.78 is 10.9. The number of methoxy groups -OCH3 is 1. The Kier molecular flexibility index (Phi) is 12.2. The number of nitrogens with one attached hydrogen (secondary N) is 3. The van der Waals surface area contributed by atoms with Crippen LogP contribution in [0.15, 0.2) is 24.3 Å². The summed E-state index contributed by atoms with van der Waals surface area (Å²) in [6.45, 7) is 2.54. The maximum absolute atomic E-state index is 13.3. The molecule has 10 heteroatoms. The molecule has 1 aromatic carbocycles. The number of urea groups is 1. The van der Waals surface area contributed by atoms with Crippen LogP contribution in [0.4, 0.5) is 9.59 Å². The molecule has 1 saturated heterocycles. The van der Waals surface area contributed by atoms with Gasteiger partial charge in [0.1, 0.15) is 0 Å². The molecule has 3 amide bonds. The van der Waals surface area contributed by atoms with Crippen LogP contribution in [0, 0.1) is 11.8 Å². The quantitative estimate of drug-likeness (QED) is 0.320. The first-order valence-electron chi connectivity index (χ1n) is 13.5. The third kappa shape index (κ3) is 9.32.